The summed E-state index contributed by atoms with van der Waals surface area (Å²) in [6.07, 6.45) is 22.1. The van der Waals surface area contributed by atoms with Crippen LogP contribution >= 0.6 is 0 Å². The number of hydrogen-bond donors (Lipinski definition) is 1. The molecular weight excluding hydrogens is 432 g/mol. The Hall–Kier alpha value is -0.910. The van der Waals surface area contributed by atoms with Gasteiger partial charge in [-0.25, -0.2) is 4.18 Å². The number of benzene rings is 1. The summed E-state index contributed by atoms with van der Waals surface area (Å²) < 4.78 is 36.9. The first-order valence-corrected chi connectivity index (χ1v) is 14.9. The van der Waals surface area contributed by atoms with Gasteiger partial charge in [-0.15, -0.1) is 0 Å². The molecule has 1 unspecified atom stereocenters. The maximum atomic E-state index is 11.3. The molecule has 0 aromatic heterocycles. The molecule has 5 heteroatoms. The summed E-state index contributed by atoms with van der Waals surface area (Å²) in [7, 11) is -4.50. The fraction of sp³-hybridized carbons (Fsp3) is 0.786. The lowest BCUT2D eigenvalue weighted by molar-refractivity contribution is 0.0661. The van der Waals surface area contributed by atoms with Crippen molar-refractivity contribution in [3.63, 3.8) is 0 Å². The number of hydrogen-bond acceptors (Lipinski definition) is 3. The van der Waals surface area contributed by atoms with Gasteiger partial charge in [-0.1, -0.05) is 140 Å². The summed E-state index contributed by atoms with van der Waals surface area (Å²) in [4.78, 5) is 0. The fourth-order valence-electron chi connectivity index (χ4n) is 4.83. The Balaban J connectivity index is 2.15. The van der Waals surface area contributed by atoms with Gasteiger partial charge in [0.05, 0.1) is 5.60 Å². The molecule has 1 aromatic rings. The van der Waals surface area contributed by atoms with Crippen molar-refractivity contribution in [2.45, 2.75) is 141 Å². The van der Waals surface area contributed by atoms with Gasteiger partial charge in [0.15, 0.2) is 0 Å². The van der Waals surface area contributed by atoms with Crippen LogP contribution in [0.15, 0.2) is 30.3 Å². The first kappa shape index (κ1) is 30.1. The minimum Gasteiger partial charge on any atom is -0.264 e. The molecule has 0 bridgehead atoms. The van der Waals surface area contributed by atoms with Gasteiger partial charge in [0.1, 0.15) is 0 Å². The molecule has 0 radical (unpaired) electrons. The minimum absolute atomic E-state index is 0.0905. The van der Waals surface area contributed by atoms with E-state index in [1.165, 1.54) is 89.9 Å². The molecule has 1 N–H and O–H groups in total. The smallest absolute Gasteiger partial charge is 0.264 e. The van der Waals surface area contributed by atoms with E-state index in [9.17, 15) is 13.0 Å². The van der Waals surface area contributed by atoms with Crippen LogP contribution in [0.2, 0.25) is 0 Å². The molecule has 0 heterocycles. The van der Waals surface area contributed by atoms with E-state index in [1.54, 1.807) is 13.8 Å². The van der Waals surface area contributed by atoms with E-state index in [4.69, 9.17) is 4.18 Å². The van der Waals surface area contributed by atoms with Crippen molar-refractivity contribution in [1.82, 2.24) is 0 Å². The van der Waals surface area contributed by atoms with Gasteiger partial charge in [-0.2, -0.15) is 8.42 Å². The Labute approximate surface area is 204 Å². The molecule has 1 aromatic carbocycles. The summed E-state index contributed by atoms with van der Waals surface area (Å²) in [5.74, 6) is -0.0905. The van der Waals surface area contributed by atoms with Gasteiger partial charge in [0.2, 0.25) is 0 Å². The van der Waals surface area contributed by atoms with E-state index in [0.29, 0.717) is 0 Å². The Morgan fingerprint density at radius 2 is 1.12 bits per heavy atom. The van der Waals surface area contributed by atoms with E-state index < -0.39 is 16.0 Å². The van der Waals surface area contributed by atoms with Gasteiger partial charge in [-0.05, 0) is 25.8 Å². The van der Waals surface area contributed by atoms with E-state index in [1.807, 2.05) is 30.3 Å². The van der Waals surface area contributed by atoms with Crippen molar-refractivity contribution in [3.8, 4) is 0 Å². The second kappa shape index (κ2) is 17.5. The van der Waals surface area contributed by atoms with Crippen LogP contribution in [0.25, 0.3) is 0 Å². The van der Waals surface area contributed by atoms with Crippen LogP contribution in [0.1, 0.15) is 141 Å². The molecule has 1 atom stereocenters. The van der Waals surface area contributed by atoms with Crippen LogP contribution < -0.4 is 0 Å². The summed E-state index contributed by atoms with van der Waals surface area (Å²) in [5.41, 5.74) is 0.0527. The van der Waals surface area contributed by atoms with E-state index in [2.05, 4.69) is 6.92 Å². The highest BCUT2D eigenvalue weighted by atomic mass is 32.3. The molecule has 0 saturated heterocycles. The second-order valence-corrected chi connectivity index (χ2v) is 11.2. The number of rotatable bonds is 21. The molecule has 33 heavy (non-hydrogen) atoms. The fourth-order valence-corrected chi connectivity index (χ4v) is 5.49. The van der Waals surface area contributed by atoms with Crippen LogP contribution in [0, 0.1) is 0 Å². The van der Waals surface area contributed by atoms with Crippen LogP contribution in [-0.4, -0.2) is 18.6 Å². The third kappa shape index (κ3) is 15.6. The Bertz CT molecular complexity index is 685. The lowest BCUT2D eigenvalue weighted by Gasteiger charge is -2.33. The minimum atomic E-state index is -4.50. The molecule has 0 spiro atoms. The van der Waals surface area contributed by atoms with Gasteiger partial charge in [0.25, 0.3) is 0 Å². The summed E-state index contributed by atoms with van der Waals surface area (Å²) >= 11 is 0. The lowest BCUT2D eigenvalue weighted by atomic mass is 9.81. The van der Waals surface area contributed by atoms with Gasteiger partial charge in [-0.3, -0.25) is 4.55 Å². The highest BCUT2D eigenvalue weighted by Crippen LogP contribution is 2.36. The molecule has 4 nitrogen and oxygen atoms in total. The maximum absolute atomic E-state index is 11.3. The van der Waals surface area contributed by atoms with Crippen molar-refractivity contribution >= 4 is 10.4 Å². The molecule has 0 fully saturated rings. The zero-order valence-corrected chi connectivity index (χ0v) is 22.4. The predicted molar refractivity (Wildman–Crippen MR) is 140 cm³/mol. The van der Waals surface area contributed by atoms with E-state index >= 15 is 0 Å². The average Bonchev–Trinajstić information content (AvgIpc) is 2.74. The highest BCUT2D eigenvalue weighted by molar-refractivity contribution is 7.80. The van der Waals surface area contributed by atoms with Crippen molar-refractivity contribution in [1.29, 1.82) is 0 Å². The summed E-state index contributed by atoms with van der Waals surface area (Å²) in [6, 6.07) is 9.88. The Kier molecular flexibility index (Phi) is 16.0. The van der Waals surface area contributed by atoms with Crippen LogP contribution in [-0.2, 0) is 14.6 Å². The van der Waals surface area contributed by atoms with Gasteiger partial charge >= 0.3 is 10.4 Å². The monoisotopic (exact) mass is 482 g/mol. The first-order chi connectivity index (χ1) is 15.8. The number of unbranched alkanes of at least 4 members (excludes halogenated alkanes) is 15. The Morgan fingerprint density at radius 3 is 1.52 bits per heavy atom. The average molecular weight is 483 g/mol. The third-order valence-corrected chi connectivity index (χ3v) is 7.35. The molecule has 192 valence electrons. The van der Waals surface area contributed by atoms with Crippen LogP contribution in [0.4, 0.5) is 0 Å². The summed E-state index contributed by atoms with van der Waals surface area (Å²) in [6.45, 7) is 5.75. The topological polar surface area (TPSA) is 63.6 Å². The molecular formula is C28H50O4S. The standard InChI is InChI=1S/C28H50O4S/c1-4-5-6-7-8-9-10-11-12-13-14-15-16-17-18-22-25-27(26-23-20-19-21-24-26)28(2,3)32-33(29,30)31/h19-21,23-24,27H,4-18,22,25H2,1-3H3,(H,29,30,31). The molecule has 0 aliphatic heterocycles. The van der Waals surface area contributed by atoms with Crippen molar-refractivity contribution in [3.05, 3.63) is 35.9 Å². The van der Waals surface area contributed by atoms with E-state index in [-0.39, 0.29) is 5.92 Å². The maximum Gasteiger partial charge on any atom is 0.397 e. The molecule has 1 rings (SSSR count). The first-order valence-electron chi connectivity index (χ1n) is 13.5. The van der Waals surface area contributed by atoms with E-state index in [0.717, 1.165) is 24.8 Å². The second-order valence-electron chi connectivity index (χ2n) is 10.2. The lowest BCUT2D eigenvalue weighted by Crippen LogP contribution is -2.35. The largest absolute Gasteiger partial charge is 0.397 e. The van der Waals surface area contributed by atoms with Gasteiger partial charge in [0, 0.05) is 5.92 Å². The molecule has 0 amide bonds. The van der Waals surface area contributed by atoms with Crippen molar-refractivity contribution in [2.75, 3.05) is 0 Å². The Morgan fingerprint density at radius 1 is 0.727 bits per heavy atom. The quantitative estimate of drug-likeness (QED) is 0.140. The van der Waals surface area contributed by atoms with Crippen LogP contribution in [0.5, 0.6) is 0 Å². The van der Waals surface area contributed by atoms with Gasteiger partial charge < -0.3 is 0 Å². The zero-order chi connectivity index (χ0) is 24.4. The zero-order valence-electron chi connectivity index (χ0n) is 21.6. The predicted octanol–water partition coefficient (Wildman–Crippen LogP) is 9.02. The van der Waals surface area contributed by atoms with Crippen molar-refractivity contribution < 1.29 is 17.2 Å². The summed E-state index contributed by atoms with van der Waals surface area (Å²) in [5, 5.41) is 0. The molecule has 0 saturated carbocycles. The molecule has 0 aliphatic carbocycles. The van der Waals surface area contributed by atoms with Crippen molar-refractivity contribution in [2.24, 2.45) is 0 Å². The normalized spacial score (nSPS) is 13.3. The van der Waals surface area contributed by atoms with Crippen LogP contribution in [0.3, 0.4) is 0 Å². The highest BCUT2D eigenvalue weighted by Gasteiger charge is 2.35. The SMILES string of the molecule is CCCCCCCCCCCCCCCCCCC(c1ccccc1)C(C)(C)OS(=O)(=O)O. The molecule has 0 aliphatic rings. The third-order valence-electron chi connectivity index (χ3n) is 6.71.